The predicted octanol–water partition coefficient (Wildman–Crippen LogP) is 0.207. The van der Waals surface area contributed by atoms with Gasteiger partial charge in [-0.25, -0.2) is 4.79 Å². The summed E-state index contributed by atoms with van der Waals surface area (Å²) in [4.78, 5) is 14.1. The van der Waals surface area contributed by atoms with E-state index < -0.39 is 13.3 Å². The second kappa shape index (κ2) is 6.26. The van der Waals surface area contributed by atoms with Gasteiger partial charge < -0.3 is 19.8 Å². The minimum absolute atomic E-state index is 0.312. The van der Waals surface area contributed by atoms with Crippen molar-refractivity contribution in [3.05, 3.63) is 24.0 Å². The van der Waals surface area contributed by atoms with Crippen molar-refractivity contribution in [3.63, 3.8) is 0 Å². The van der Waals surface area contributed by atoms with Gasteiger partial charge in [0.1, 0.15) is 11.3 Å². The van der Waals surface area contributed by atoms with Gasteiger partial charge in [0.05, 0.1) is 0 Å². The molecule has 5 nitrogen and oxygen atoms in total. The molecule has 1 aromatic rings. The quantitative estimate of drug-likeness (QED) is 0.460. The minimum atomic E-state index is -0.750. The number of aromatic nitrogens is 1. The van der Waals surface area contributed by atoms with Crippen LogP contribution in [0.5, 0.6) is 0 Å². The van der Waals surface area contributed by atoms with E-state index >= 15 is 0 Å². The molecule has 84 valence electrons. The molecule has 0 unspecified atom stereocenters. The Bertz CT molecular complexity index is 279. The van der Waals surface area contributed by atoms with Gasteiger partial charge in [0.15, 0.2) is 0 Å². The third kappa shape index (κ3) is 6.76. The first kappa shape index (κ1) is 13.7. The van der Waals surface area contributed by atoms with Gasteiger partial charge in [-0.15, -0.1) is 0 Å². The van der Waals surface area contributed by atoms with Gasteiger partial charge in [0, 0.05) is 6.20 Å². The van der Waals surface area contributed by atoms with Crippen LogP contribution < -0.4 is 0 Å². The van der Waals surface area contributed by atoms with Crippen molar-refractivity contribution in [3.8, 4) is 0 Å². The van der Waals surface area contributed by atoms with E-state index in [4.69, 9.17) is 14.8 Å². The fourth-order valence-electron chi connectivity index (χ4n) is 0.790. The molecular formula is C9H16BNO4. The minimum Gasteiger partial charge on any atom is -0.455 e. The third-order valence-electron chi connectivity index (χ3n) is 1.22. The van der Waals surface area contributed by atoms with Gasteiger partial charge in [-0.1, -0.05) is 0 Å². The summed E-state index contributed by atoms with van der Waals surface area (Å²) in [6, 6.07) is 3.45. The fourth-order valence-corrected chi connectivity index (χ4v) is 0.790. The number of aromatic amines is 1. The standard InChI is InChI=1S/C9H13NO2.BH3O2/c1-9(2,3)12-8(11)7-5-4-6-10-7;2-1-3/h4-6,10H,1-3H3;1-3H. The first-order chi connectivity index (χ1) is 6.90. The van der Waals surface area contributed by atoms with Crippen molar-refractivity contribution >= 4 is 13.7 Å². The molecule has 3 N–H and O–H groups in total. The highest BCUT2D eigenvalue weighted by molar-refractivity contribution is 6.13. The van der Waals surface area contributed by atoms with Crippen LogP contribution in [0.1, 0.15) is 31.3 Å². The molecule has 0 aliphatic rings. The zero-order valence-electron chi connectivity index (χ0n) is 9.15. The predicted molar refractivity (Wildman–Crippen MR) is 57.5 cm³/mol. The molecule has 0 aliphatic heterocycles. The number of rotatable bonds is 1. The highest BCUT2D eigenvalue weighted by Gasteiger charge is 2.17. The largest absolute Gasteiger partial charge is 0.455 e. The SMILES string of the molecule is CC(C)(C)OC(=O)c1ccc[nH]1.OBO. The lowest BCUT2D eigenvalue weighted by molar-refractivity contribution is 0.00636. The second-order valence-electron chi connectivity index (χ2n) is 3.73. The molecule has 15 heavy (non-hydrogen) atoms. The zero-order valence-corrected chi connectivity index (χ0v) is 9.15. The summed E-state index contributed by atoms with van der Waals surface area (Å²) >= 11 is 0. The highest BCUT2D eigenvalue weighted by atomic mass is 16.6. The molecule has 0 fully saturated rings. The normalized spacial score (nSPS) is 9.93. The van der Waals surface area contributed by atoms with E-state index in [9.17, 15) is 4.79 Å². The van der Waals surface area contributed by atoms with Gasteiger partial charge in [-0.05, 0) is 32.9 Å². The van der Waals surface area contributed by atoms with Crippen molar-refractivity contribution < 1.29 is 19.6 Å². The Morgan fingerprint density at radius 3 is 2.33 bits per heavy atom. The summed E-state index contributed by atoms with van der Waals surface area (Å²) in [5.74, 6) is -0.312. The van der Waals surface area contributed by atoms with Crippen molar-refractivity contribution in [1.82, 2.24) is 4.98 Å². The third-order valence-corrected chi connectivity index (χ3v) is 1.22. The number of hydrogen-bond donors (Lipinski definition) is 3. The zero-order chi connectivity index (χ0) is 11.9. The van der Waals surface area contributed by atoms with Crippen molar-refractivity contribution in [2.45, 2.75) is 26.4 Å². The summed E-state index contributed by atoms with van der Waals surface area (Å²) < 4.78 is 5.11. The highest BCUT2D eigenvalue weighted by Crippen LogP contribution is 2.10. The number of esters is 1. The Hall–Kier alpha value is -1.27. The molecule has 1 heterocycles. The maximum absolute atomic E-state index is 11.3. The van der Waals surface area contributed by atoms with Gasteiger partial charge in [-0.2, -0.15) is 0 Å². The number of carbonyl (C=O) groups excluding carboxylic acids is 1. The van der Waals surface area contributed by atoms with Crippen molar-refractivity contribution in [1.29, 1.82) is 0 Å². The molecule has 0 saturated heterocycles. The van der Waals surface area contributed by atoms with Gasteiger partial charge >= 0.3 is 13.7 Å². The molecule has 0 saturated carbocycles. The topological polar surface area (TPSA) is 82.6 Å². The van der Waals surface area contributed by atoms with E-state index in [0.717, 1.165) is 0 Å². The monoisotopic (exact) mass is 213 g/mol. The molecule has 0 aliphatic carbocycles. The lowest BCUT2D eigenvalue weighted by Gasteiger charge is -2.18. The van der Waals surface area contributed by atoms with E-state index in [2.05, 4.69) is 4.98 Å². The van der Waals surface area contributed by atoms with E-state index in [1.54, 1.807) is 18.3 Å². The van der Waals surface area contributed by atoms with Crippen LogP contribution in [-0.4, -0.2) is 34.3 Å². The summed E-state index contributed by atoms with van der Waals surface area (Å²) in [5.41, 5.74) is 0.0623. The molecule has 0 spiro atoms. The Morgan fingerprint density at radius 1 is 1.47 bits per heavy atom. The van der Waals surface area contributed by atoms with Crippen LogP contribution in [-0.2, 0) is 4.74 Å². The maximum Gasteiger partial charge on any atom is 0.432 e. The Morgan fingerprint density at radius 2 is 2.00 bits per heavy atom. The van der Waals surface area contributed by atoms with Crippen molar-refractivity contribution in [2.75, 3.05) is 0 Å². The number of ether oxygens (including phenoxy) is 1. The summed E-state index contributed by atoms with van der Waals surface area (Å²) in [5, 5.41) is 14.2. The molecular weight excluding hydrogens is 197 g/mol. The first-order valence-corrected chi connectivity index (χ1v) is 4.49. The average molecular weight is 213 g/mol. The molecule has 0 aromatic carbocycles. The van der Waals surface area contributed by atoms with E-state index in [1.807, 2.05) is 20.8 Å². The molecule has 0 radical (unpaired) electrons. The number of H-pyrrole nitrogens is 1. The van der Waals surface area contributed by atoms with E-state index in [-0.39, 0.29) is 5.97 Å². The van der Waals surface area contributed by atoms with E-state index in [1.165, 1.54) is 0 Å². The van der Waals surface area contributed by atoms with Crippen LogP contribution in [0.4, 0.5) is 0 Å². The van der Waals surface area contributed by atoms with Crippen LogP contribution in [0, 0.1) is 0 Å². The van der Waals surface area contributed by atoms with Crippen LogP contribution >= 0.6 is 0 Å². The Labute approximate surface area is 89.4 Å². The first-order valence-electron chi connectivity index (χ1n) is 4.49. The molecule has 0 bridgehead atoms. The second-order valence-corrected chi connectivity index (χ2v) is 3.73. The van der Waals surface area contributed by atoms with Gasteiger partial charge in [0.2, 0.25) is 0 Å². The molecule has 0 amide bonds. The molecule has 6 heteroatoms. The summed E-state index contributed by atoms with van der Waals surface area (Å²) in [7, 11) is -0.750. The fraction of sp³-hybridized carbons (Fsp3) is 0.444. The number of nitrogens with one attached hydrogen (secondary N) is 1. The van der Waals surface area contributed by atoms with E-state index in [0.29, 0.717) is 5.69 Å². The molecule has 1 rings (SSSR count). The van der Waals surface area contributed by atoms with Crippen LogP contribution in [0.2, 0.25) is 0 Å². The molecule has 1 aromatic heterocycles. The smallest absolute Gasteiger partial charge is 0.432 e. The number of hydrogen-bond acceptors (Lipinski definition) is 4. The van der Waals surface area contributed by atoms with Crippen LogP contribution in [0.3, 0.4) is 0 Å². The Kier molecular flexibility index (Phi) is 5.73. The average Bonchev–Trinajstić information content (AvgIpc) is 2.53. The maximum atomic E-state index is 11.3. The summed E-state index contributed by atoms with van der Waals surface area (Å²) in [6.07, 6.45) is 1.69. The van der Waals surface area contributed by atoms with Gasteiger partial charge in [0.25, 0.3) is 0 Å². The molecule has 0 atom stereocenters. The lowest BCUT2D eigenvalue weighted by atomic mass is 10.2. The van der Waals surface area contributed by atoms with Crippen LogP contribution in [0.25, 0.3) is 0 Å². The number of carbonyl (C=O) groups is 1. The van der Waals surface area contributed by atoms with Gasteiger partial charge in [-0.3, -0.25) is 0 Å². The van der Waals surface area contributed by atoms with Crippen molar-refractivity contribution in [2.24, 2.45) is 0 Å². The lowest BCUT2D eigenvalue weighted by Crippen LogP contribution is -2.23. The summed E-state index contributed by atoms with van der Waals surface area (Å²) in [6.45, 7) is 5.52. The Balaban J connectivity index is 0.000000583. The van der Waals surface area contributed by atoms with Crippen LogP contribution in [0.15, 0.2) is 18.3 Å².